The zero-order valence-corrected chi connectivity index (χ0v) is 11.4. The first-order valence-electron chi connectivity index (χ1n) is 5.90. The highest BCUT2D eigenvalue weighted by molar-refractivity contribution is 6.04. The fraction of sp³-hybridized carbons (Fsp3) is 0.643. The number of rotatable bonds is 7. The Hall–Kier alpha value is -1.25. The first kappa shape index (κ1) is 15.8. The minimum absolute atomic E-state index is 0.0174. The summed E-state index contributed by atoms with van der Waals surface area (Å²) in [6, 6.07) is 0. The third-order valence-corrected chi connectivity index (χ3v) is 2.72. The average Bonchev–Trinajstić information content (AvgIpc) is 2.14. The van der Waals surface area contributed by atoms with Gasteiger partial charge in [-0.3, -0.25) is 9.59 Å². The van der Waals surface area contributed by atoms with Crippen LogP contribution in [0.5, 0.6) is 0 Å². The van der Waals surface area contributed by atoms with Crippen molar-refractivity contribution in [3.05, 3.63) is 11.6 Å². The van der Waals surface area contributed by atoms with Crippen LogP contribution in [0.25, 0.3) is 0 Å². The van der Waals surface area contributed by atoms with Crippen molar-refractivity contribution in [2.75, 3.05) is 0 Å². The zero-order chi connectivity index (χ0) is 13.6. The molecule has 0 rings (SSSR count). The molecule has 0 saturated carbocycles. The maximum Gasteiger partial charge on any atom is 0.164 e. The van der Waals surface area contributed by atoms with E-state index in [1.807, 2.05) is 13.8 Å². The fourth-order valence-corrected chi connectivity index (χ4v) is 1.80. The third kappa shape index (κ3) is 6.15. The van der Waals surface area contributed by atoms with Gasteiger partial charge in [-0.2, -0.15) is 0 Å². The minimum Gasteiger partial charge on any atom is -0.300 e. The predicted octanol–water partition coefficient (Wildman–Crippen LogP) is 2.88. The molecular formula is C14H22O3. The number of carbonyl (C=O) groups excluding carboxylic acids is 3. The molecule has 96 valence electrons. The van der Waals surface area contributed by atoms with Crippen LogP contribution in [-0.2, 0) is 14.4 Å². The Kier molecular flexibility index (Phi) is 6.00. The van der Waals surface area contributed by atoms with Crippen molar-refractivity contribution in [1.29, 1.82) is 0 Å². The fourth-order valence-electron chi connectivity index (χ4n) is 1.80. The van der Waals surface area contributed by atoms with Gasteiger partial charge in [0.15, 0.2) is 11.6 Å². The molecule has 0 heterocycles. The van der Waals surface area contributed by atoms with Crippen LogP contribution in [0.1, 0.15) is 53.9 Å². The highest BCUT2D eigenvalue weighted by Gasteiger charge is 2.28. The molecule has 0 spiro atoms. The SMILES string of the molecule is CC(=O)C=C(C)C(=O)C(C)(C)CCCC(C)=O. The van der Waals surface area contributed by atoms with Gasteiger partial charge in [0, 0.05) is 11.8 Å². The molecule has 0 N–H and O–H groups in total. The molecule has 0 fully saturated rings. The lowest BCUT2D eigenvalue weighted by atomic mass is 9.79. The van der Waals surface area contributed by atoms with Crippen molar-refractivity contribution in [3.8, 4) is 0 Å². The Morgan fingerprint density at radius 1 is 1.06 bits per heavy atom. The Labute approximate surface area is 103 Å². The van der Waals surface area contributed by atoms with Gasteiger partial charge >= 0.3 is 0 Å². The lowest BCUT2D eigenvalue weighted by molar-refractivity contribution is -0.124. The second-order valence-corrected chi connectivity index (χ2v) is 5.21. The van der Waals surface area contributed by atoms with E-state index in [-0.39, 0.29) is 17.3 Å². The van der Waals surface area contributed by atoms with Crippen LogP contribution in [-0.4, -0.2) is 17.3 Å². The van der Waals surface area contributed by atoms with Crippen LogP contribution in [0.2, 0.25) is 0 Å². The van der Waals surface area contributed by atoms with Crippen LogP contribution in [0.15, 0.2) is 11.6 Å². The quantitative estimate of drug-likeness (QED) is 0.641. The third-order valence-electron chi connectivity index (χ3n) is 2.72. The minimum atomic E-state index is -0.508. The summed E-state index contributed by atoms with van der Waals surface area (Å²) in [5.74, 6) is 0.0101. The first-order valence-corrected chi connectivity index (χ1v) is 5.90. The molecule has 0 aliphatic heterocycles. The first-order chi connectivity index (χ1) is 7.66. The standard InChI is InChI=1S/C14H22O3/c1-10(9-12(3)16)13(17)14(4,5)8-6-7-11(2)15/h9H,6-8H2,1-5H3. The van der Waals surface area contributed by atoms with Crippen LogP contribution in [0, 0.1) is 5.41 Å². The van der Waals surface area contributed by atoms with Gasteiger partial charge in [0.2, 0.25) is 0 Å². The smallest absolute Gasteiger partial charge is 0.164 e. The molecule has 0 saturated heterocycles. The number of allylic oxidation sites excluding steroid dienone is 2. The molecular weight excluding hydrogens is 216 g/mol. The average molecular weight is 238 g/mol. The predicted molar refractivity (Wildman–Crippen MR) is 67.8 cm³/mol. The number of ketones is 3. The summed E-state index contributed by atoms with van der Waals surface area (Å²) in [4.78, 5) is 33.8. The van der Waals surface area contributed by atoms with Gasteiger partial charge in [-0.15, -0.1) is 0 Å². The Morgan fingerprint density at radius 3 is 2.00 bits per heavy atom. The van der Waals surface area contributed by atoms with Crippen LogP contribution >= 0.6 is 0 Å². The van der Waals surface area contributed by atoms with E-state index in [4.69, 9.17) is 0 Å². The number of hydrogen-bond donors (Lipinski definition) is 0. The molecule has 0 aromatic heterocycles. The molecule has 0 radical (unpaired) electrons. The summed E-state index contributed by atoms with van der Waals surface area (Å²) < 4.78 is 0. The van der Waals surface area contributed by atoms with Crippen molar-refractivity contribution in [2.24, 2.45) is 5.41 Å². The van der Waals surface area contributed by atoms with Crippen LogP contribution in [0.3, 0.4) is 0 Å². The molecule has 0 amide bonds. The van der Waals surface area contributed by atoms with E-state index in [0.29, 0.717) is 24.8 Å². The van der Waals surface area contributed by atoms with Gasteiger partial charge < -0.3 is 4.79 Å². The van der Waals surface area contributed by atoms with Gasteiger partial charge in [-0.25, -0.2) is 0 Å². The van der Waals surface area contributed by atoms with E-state index in [1.165, 1.54) is 13.0 Å². The summed E-state index contributed by atoms with van der Waals surface area (Å²) in [5, 5.41) is 0. The number of Topliss-reactive ketones (excluding diaryl/α,β-unsaturated/α-hetero) is 2. The van der Waals surface area contributed by atoms with E-state index in [0.717, 1.165) is 0 Å². The highest BCUT2D eigenvalue weighted by Crippen LogP contribution is 2.27. The molecule has 0 aromatic carbocycles. The molecule has 0 aliphatic carbocycles. The summed E-state index contributed by atoms with van der Waals surface area (Å²) in [6.07, 6.45) is 3.25. The van der Waals surface area contributed by atoms with Crippen molar-refractivity contribution in [2.45, 2.75) is 53.9 Å². The summed E-state index contributed by atoms with van der Waals surface area (Å²) in [7, 11) is 0. The second kappa shape index (κ2) is 6.48. The van der Waals surface area contributed by atoms with Crippen LogP contribution < -0.4 is 0 Å². The maximum atomic E-state index is 12.1. The van der Waals surface area contributed by atoms with Gasteiger partial charge in [-0.05, 0) is 45.3 Å². The molecule has 0 aromatic rings. The Bertz CT molecular complexity index is 348. The van der Waals surface area contributed by atoms with E-state index >= 15 is 0 Å². The molecule has 0 atom stereocenters. The van der Waals surface area contributed by atoms with Gasteiger partial charge in [-0.1, -0.05) is 13.8 Å². The van der Waals surface area contributed by atoms with E-state index < -0.39 is 5.41 Å². The molecule has 0 bridgehead atoms. The Morgan fingerprint density at radius 2 is 1.59 bits per heavy atom. The number of hydrogen-bond acceptors (Lipinski definition) is 3. The van der Waals surface area contributed by atoms with Crippen molar-refractivity contribution >= 4 is 17.3 Å². The van der Waals surface area contributed by atoms with Crippen molar-refractivity contribution in [1.82, 2.24) is 0 Å². The normalized spacial score (nSPS) is 12.4. The molecule has 0 unspecified atom stereocenters. The van der Waals surface area contributed by atoms with Gasteiger partial charge in [0.25, 0.3) is 0 Å². The topological polar surface area (TPSA) is 51.2 Å². The second-order valence-electron chi connectivity index (χ2n) is 5.21. The lowest BCUT2D eigenvalue weighted by Crippen LogP contribution is -2.25. The molecule has 17 heavy (non-hydrogen) atoms. The van der Waals surface area contributed by atoms with E-state index in [1.54, 1.807) is 13.8 Å². The maximum absolute atomic E-state index is 12.1. The molecule has 3 nitrogen and oxygen atoms in total. The zero-order valence-electron chi connectivity index (χ0n) is 11.4. The lowest BCUT2D eigenvalue weighted by Gasteiger charge is -2.23. The monoisotopic (exact) mass is 238 g/mol. The van der Waals surface area contributed by atoms with Gasteiger partial charge in [0.1, 0.15) is 5.78 Å². The van der Waals surface area contributed by atoms with E-state index in [9.17, 15) is 14.4 Å². The Balaban J connectivity index is 4.54. The van der Waals surface area contributed by atoms with Gasteiger partial charge in [0.05, 0.1) is 0 Å². The molecule has 0 aliphatic rings. The van der Waals surface area contributed by atoms with Crippen molar-refractivity contribution < 1.29 is 14.4 Å². The summed E-state index contributed by atoms with van der Waals surface area (Å²) in [6.45, 7) is 8.35. The van der Waals surface area contributed by atoms with E-state index in [2.05, 4.69) is 0 Å². The molecule has 3 heteroatoms. The van der Waals surface area contributed by atoms with Crippen LogP contribution in [0.4, 0.5) is 0 Å². The summed E-state index contributed by atoms with van der Waals surface area (Å²) in [5.41, 5.74) is -0.0174. The summed E-state index contributed by atoms with van der Waals surface area (Å²) >= 11 is 0. The largest absolute Gasteiger partial charge is 0.300 e. The highest BCUT2D eigenvalue weighted by atomic mass is 16.1. The van der Waals surface area contributed by atoms with Crippen molar-refractivity contribution in [3.63, 3.8) is 0 Å². The number of carbonyl (C=O) groups is 3.